The first-order valence-corrected chi connectivity index (χ1v) is 8.30. The van der Waals surface area contributed by atoms with E-state index in [1.807, 2.05) is 18.2 Å². The summed E-state index contributed by atoms with van der Waals surface area (Å²) in [6, 6.07) is 7.99. The molecule has 2 aliphatic heterocycles. The maximum absolute atomic E-state index is 11.0. The maximum atomic E-state index is 11.0. The Morgan fingerprint density at radius 3 is 2.77 bits per heavy atom. The number of likely N-dealkylation sites (tertiary alicyclic amines) is 1. The van der Waals surface area contributed by atoms with Crippen LogP contribution < -0.4 is 5.73 Å². The van der Waals surface area contributed by atoms with Gasteiger partial charge in [-0.3, -0.25) is 9.69 Å². The molecule has 1 amide bonds. The van der Waals surface area contributed by atoms with E-state index in [1.54, 1.807) is 0 Å². The number of carbonyl (C=O) groups is 1. The molecule has 1 atom stereocenters. The SMILES string of the molecule is NC(=O)CN1CCC2(CC1)CO[C@@H](Cc1ccccc1Cl)C2. The number of hydrogen-bond donors (Lipinski definition) is 1. The third kappa shape index (κ3) is 3.62. The first kappa shape index (κ1) is 15.8. The minimum Gasteiger partial charge on any atom is -0.377 e. The number of hydrogen-bond acceptors (Lipinski definition) is 3. The lowest BCUT2D eigenvalue weighted by atomic mass is 9.76. The van der Waals surface area contributed by atoms with Crippen LogP contribution in [-0.2, 0) is 16.0 Å². The third-order valence-electron chi connectivity index (χ3n) is 4.99. The molecule has 3 rings (SSSR count). The van der Waals surface area contributed by atoms with E-state index in [1.165, 1.54) is 0 Å². The monoisotopic (exact) mass is 322 g/mol. The number of piperidine rings is 1. The van der Waals surface area contributed by atoms with Gasteiger partial charge in [0.1, 0.15) is 0 Å². The Morgan fingerprint density at radius 1 is 1.36 bits per heavy atom. The molecular weight excluding hydrogens is 300 g/mol. The van der Waals surface area contributed by atoms with Gasteiger partial charge < -0.3 is 10.5 Å². The smallest absolute Gasteiger partial charge is 0.231 e. The molecule has 5 heteroatoms. The highest BCUT2D eigenvalue weighted by Gasteiger charge is 2.42. The minimum atomic E-state index is -0.241. The van der Waals surface area contributed by atoms with Crippen LogP contribution in [0.3, 0.4) is 0 Å². The number of primary amides is 1. The zero-order valence-electron chi connectivity index (χ0n) is 12.8. The van der Waals surface area contributed by atoms with E-state index in [0.29, 0.717) is 6.54 Å². The van der Waals surface area contributed by atoms with Crippen molar-refractivity contribution in [2.45, 2.75) is 31.8 Å². The van der Waals surface area contributed by atoms with Crippen LogP contribution in [0.15, 0.2) is 24.3 Å². The second-order valence-corrected chi connectivity index (χ2v) is 7.08. The summed E-state index contributed by atoms with van der Waals surface area (Å²) >= 11 is 6.24. The summed E-state index contributed by atoms with van der Waals surface area (Å²) < 4.78 is 6.05. The molecule has 2 aliphatic rings. The number of ether oxygens (including phenoxy) is 1. The van der Waals surface area contributed by atoms with Crippen LogP contribution in [0.2, 0.25) is 5.02 Å². The molecule has 1 spiro atoms. The van der Waals surface area contributed by atoms with Crippen molar-refractivity contribution < 1.29 is 9.53 Å². The van der Waals surface area contributed by atoms with E-state index in [0.717, 1.165) is 56.0 Å². The molecule has 2 heterocycles. The molecule has 120 valence electrons. The van der Waals surface area contributed by atoms with E-state index >= 15 is 0 Å². The second-order valence-electron chi connectivity index (χ2n) is 6.68. The maximum Gasteiger partial charge on any atom is 0.231 e. The zero-order valence-corrected chi connectivity index (χ0v) is 13.5. The van der Waals surface area contributed by atoms with E-state index in [-0.39, 0.29) is 17.4 Å². The van der Waals surface area contributed by atoms with Gasteiger partial charge in [0.2, 0.25) is 5.91 Å². The fourth-order valence-electron chi connectivity index (χ4n) is 3.69. The van der Waals surface area contributed by atoms with Crippen molar-refractivity contribution >= 4 is 17.5 Å². The van der Waals surface area contributed by atoms with Crippen LogP contribution in [-0.4, -0.2) is 43.2 Å². The summed E-state index contributed by atoms with van der Waals surface area (Å²) in [4.78, 5) is 13.2. The number of nitrogens with two attached hydrogens (primary N) is 1. The molecule has 1 aromatic carbocycles. The van der Waals surface area contributed by atoms with Gasteiger partial charge in [0.15, 0.2) is 0 Å². The quantitative estimate of drug-likeness (QED) is 0.925. The molecule has 0 aromatic heterocycles. The number of rotatable bonds is 4. The Morgan fingerprint density at radius 2 is 2.09 bits per heavy atom. The average Bonchev–Trinajstić information content (AvgIpc) is 2.87. The van der Waals surface area contributed by atoms with Crippen molar-refractivity contribution in [2.75, 3.05) is 26.2 Å². The third-order valence-corrected chi connectivity index (χ3v) is 5.36. The summed E-state index contributed by atoms with van der Waals surface area (Å²) in [6.07, 6.45) is 4.38. The molecule has 0 bridgehead atoms. The molecule has 0 radical (unpaired) electrons. The Labute approximate surface area is 136 Å². The molecule has 4 nitrogen and oxygen atoms in total. The van der Waals surface area contributed by atoms with Crippen LogP contribution in [0.1, 0.15) is 24.8 Å². The van der Waals surface area contributed by atoms with Gasteiger partial charge in [-0.1, -0.05) is 29.8 Å². The molecule has 0 saturated carbocycles. The largest absolute Gasteiger partial charge is 0.377 e. The molecule has 22 heavy (non-hydrogen) atoms. The highest BCUT2D eigenvalue weighted by atomic mass is 35.5. The Balaban J connectivity index is 1.54. The standard InChI is InChI=1S/C17H23ClN2O2/c18-15-4-2-1-3-13(15)9-14-10-17(12-22-14)5-7-20(8-6-17)11-16(19)21/h1-4,14H,5-12H2,(H2,19,21)/t14-/m0/s1. The van der Waals surface area contributed by atoms with Crippen molar-refractivity contribution in [1.82, 2.24) is 4.90 Å². The van der Waals surface area contributed by atoms with Crippen molar-refractivity contribution in [2.24, 2.45) is 11.1 Å². The Kier molecular flexibility index (Phi) is 4.71. The van der Waals surface area contributed by atoms with Gasteiger partial charge in [0, 0.05) is 11.4 Å². The number of halogens is 1. The van der Waals surface area contributed by atoms with Crippen LogP contribution in [0, 0.1) is 5.41 Å². The van der Waals surface area contributed by atoms with Crippen molar-refractivity contribution in [3.05, 3.63) is 34.9 Å². The van der Waals surface area contributed by atoms with E-state index in [9.17, 15) is 4.79 Å². The first-order chi connectivity index (χ1) is 10.6. The van der Waals surface area contributed by atoms with E-state index < -0.39 is 0 Å². The topological polar surface area (TPSA) is 55.6 Å². The highest BCUT2D eigenvalue weighted by molar-refractivity contribution is 6.31. The minimum absolute atomic E-state index is 0.241. The first-order valence-electron chi connectivity index (χ1n) is 7.92. The Hall–Kier alpha value is -1.10. The van der Waals surface area contributed by atoms with Crippen LogP contribution >= 0.6 is 11.6 Å². The molecule has 2 fully saturated rings. The van der Waals surface area contributed by atoms with Gasteiger partial charge in [-0.15, -0.1) is 0 Å². The highest BCUT2D eigenvalue weighted by Crippen LogP contribution is 2.42. The molecule has 2 saturated heterocycles. The summed E-state index contributed by atoms with van der Waals surface area (Å²) in [5.74, 6) is -0.241. The Bertz CT molecular complexity index is 541. The molecule has 1 aromatic rings. The summed E-state index contributed by atoms with van der Waals surface area (Å²) in [5.41, 5.74) is 6.71. The van der Waals surface area contributed by atoms with Gasteiger partial charge in [-0.05, 0) is 49.4 Å². The predicted molar refractivity (Wildman–Crippen MR) is 86.8 cm³/mol. The molecular formula is C17H23ClN2O2. The van der Waals surface area contributed by atoms with E-state index in [2.05, 4.69) is 11.0 Å². The van der Waals surface area contributed by atoms with Gasteiger partial charge in [-0.25, -0.2) is 0 Å². The summed E-state index contributed by atoms with van der Waals surface area (Å²) in [6.45, 7) is 3.07. The number of amides is 1. The van der Waals surface area contributed by atoms with Crippen molar-refractivity contribution in [3.8, 4) is 0 Å². The van der Waals surface area contributed by atoms with Crippen molar-refractivity contribution in [1.29, 1.82) is 0 Å². The number of carbonyl (C=O) groups excluding carboxylic acids is 1. The number of benzene rings is 1. The van der Waals surface area contributed by atoms with Gasteiger partial charge >= 0.3 is 0 Å². The van der Waals surface area contributed by atoms with Crippen LogP contribution in [0.4, 0.5) is 0 Å². The fraction of sp³-hybridized carbons (Fsp3) is 0.588. The molecule has 0 aliphatic carbocycles. The lowest BCUT2D eigenvalue weighted by Crippen LogP contribution is -2.44. The molecule has 2 N–H and O–H groups in total. The summed E-state index contributed by atoms with van der Waals surface area (Å²) in [5, 5.41) is 0.823. The normalized spacial score (nSPS) is 24.7. The second kappa shape index (κ2) is 6.57. The lowest BCUT2D eigenvalue weighted by Gasteiger charge is -2.37. The lowest BCUT2D eigenvalue weighted by molar-refractivity contribution is -0.119. The average molecular weight is 323 g/mol. The fourth-order valence-corrected chi connectivity index (χ4v) is 3.90. The molecule has 0 unspecified atom stereocenters. The van der Waals surface area contributed by atoms with E-state index in [4.69, 9.17) is 22.1 Å². The van der Waals surface area contributed by atoms with Crippen LogP contribution in [0.25, 0.3) is 0 Å². The number of nitrogens with zero attached hydrogens (tertiary/aromatic N) is 1. The predicted octanol–water partition coefficient (Wildman–Crippen LogP) is 2.24. The van der Waals surface area contributed by atoms with Gasteiger partial charge in [0.05, 0.1) is 19.3 Å². The van der Waals surface area contributed by atoms with Gasteiger partial charge in [0.25, 0.3) is 0 Å². The van der Waals surface area contributed by atoms with Crippen LogP contribution in [0.5, 0.6) is 0 Å². The zero-order chi connectivity index (χ0) is 15.6. The van der Waals surface area contributed by atoms with Crippen molar-refractivity contribution in [3.63, 3.8) is 0 Å². The van der Waals surface area contributed by atoms with Gasteiger partial charge in [-0.2, -0.15) is 0 Å². The summed E-state index contributed by atoms with van der Waals surface area (Å²) in [7, 11) is 0.